The van der Waals surface area contributed by atoms with Gasteiger partial charge in [-0.2, -0.15) is 4.98 Å². The molecule has 3 aromatic carbocycles. The number of carbonyl (C=O) groups excluding carboxylic acids is 1. The second kappa shape index (κ2) is 10.5. The number of rotatable bonds is 8. The molecule has 1 saturated carbocycles. The molecule has 4 aromatic rings. The predicted molar refractivity (Wildman–Crippen MR) is 143 cm³/mol. The maximum atomic E-state index is 14.2. The van der Waals surface area contributed by atoms with Gasteiger partial charge in [0, 0.05) is 33.4 Å². The lowest BCUT2D eigenvalue weighted by molar-refractivity contribution is -0.115. The zero-order valence-electron chi connectivity index (χ0n) is 20.8. The zero-order valence-corrected chi connectivity index (χ0v) is 23.1. The van der Waals surface area contributed by atoms with Crippen LogP contribution in [0.4, 0.5) is 18.9 Å². The maximum absolute atomic E-state index is 14.2. The van der Waals surface area contributed by atoms with E-state index >= 15 is 0 Å². The number of halogens is 5. The van der Waals surface area contributed by atoms with Gasteiger partial charge in [0.05, 0.1) is 22.5 Å². The van der Waals surface area contributed by atoms with Gasteiger partial charge in [0.25, 0.3) is 5.89 Å². The fourth-order valence-electron chi connectivity index (χ4n) is 4.45. The molecule has 1 fully saturated rings. The van der Waals surface area contributed by atoms with Crippen molar-refractivity contribution < 1.29 is 30.9 Å². The average Bonchev–Trinajstić information content (AvgIpc) is 3.51. The number of benzene rings is 3. The summed E-state index contributed by atoms with van der Waals surface area (Å²) in [6.45, 7) is 1.55. The highest BCUT2D eigenvalue weighted by Crippen LogP contribution is 2.57. The minimum absolute atomic E-state index is 0.0183. The molecule has 0 unspecified atom stereocenters. The number of anilines is 1. The van der Waals surface area contributed by atoms with Crippen LogP contribution in [0.25, 0.3) is 11.5 Å². The molecule has 0 aliphatic heterocycles. The highest BCUT2D eigenvalue weighted by atomic mass is 35.5. The Morgan fingerprint density at radius 1 is 1.02 bits per heavy atom. The molecule has 1 amide bonds. The normalized spacial score (nSPS) is 14.2. The number of carbonyl (C=O) groups is 1. The molecule has 0 bridgehead atoms. The number of nitrogens with zero attached hydrogens (tertiary/aromatic N) is 2. The molecule has 1 aromatic heterocycles. The molecule has 0 radical (unpaired) electrons. The molecular formula is C27H20Cl2F3N3O4S. The monoisotopic (exact) mass is 609 g/mol. The number of amides is 1. The van der Waals surface area contributed by atoms with Gasteiger partial charge in [-0.05, 0) is 42.7 Å². The van der Waals surface area contributed by atoms with E-state index in [1.54, 1.807) is 19.1 Å². The Balaban J connectivity index is 1.35. The molecule has 40 heavy (non-hydrogen) atoms. The third-order valence-corrected chi connectivity index (χ3v) is 9.00. The molecule has 1 aliphatic carbocycles. The van der Waals surface area contributed by atoms with Crippen molar-refractivity contribution in [2.24, 2.45) is 0 Å². The van der Waals surface area contributed by atoms with Gasteiger partial charge >= 0.3 is 0 Å². The van der Waals surface area contributed by atoms with E-state index < -0.39 is 44.2 Å². The van der Waals surface area contributed by atoms with E-state index in [0.717, 1.165) is 0 Å². The molecule has 7 nitrogen and oxygen atoms in total. The van der Waals surface area contributed by atoms with Gasteiger partial charge in [0.2, 0.25) is 5.91 Å². The van der Waals surface area contributed by atoms with E-state index in [1.165, 1.54) is 24.3 Å². The van der Waals surface area contributed by atoms with Crippen LogP contribution in [0.2, 0.25) is 10.0 Å². The third-order valence-electron chi connectivity index (χ3n) is 6.66. The van der Waals surface area contributed by atoms with E-state index in [0.29, 0.717) is 41.8 Å². The van der Waals surface area contributed by atoms with Gasteiger partial charge in [-0.15, -0.1) is 0 Å². The van der Waals surface area contributed by atoms with E-state index in [2.05, 4.69) is 15.5 Å². The van der Waals surface area contributed by atoms with Crippen LogP contribution in [0.5, 0.6) is 0 Å². The fourth-order valence-corrected chi connectivity index (χ4v) is 6.18. The zero-order chi connectivity index (χ0) is 28.8. The van der Waals surface area contributed by atoms with Crippen molar-refractivity contribution in [2.75, 3.05) is 11.1 Å². The largest absolute Gasteiger partial charge is 0.334 e. The van der Waals surface area contributed by atoms with Gasteiger partial charge in [-0.3, -0.25) is 4.79 Å². The Morgan fingerprint density at radius 2 is 1.62 bits per heavy atom. The summed E-state index contributed by atoms with van der Waals surface area (Å²) in [6, 6.07) is 10.1. The third kappa shape index (κ3) is 5.33. The van der Waals surface area contributed by atoms with Crippen molar-refractivity contribution in [2.45, 2.75) is 36.5 Å². The average molecular weight is 610 g/mol. The van der Waals surface area contributed by atoms with Crippen LogP contribution in [-0.4, -0.2) is 30.2 Å². The van der Waals surface area contributed by atoms with Gasteiger partial charge in [0.15, 0.2) is 15.7 Å². The SMILES string of the molecule is CCS(=O)(=O)c1ccc(CC(=O)Nc2cc(Cl)c(C3(c4noc(-c5c(F)cc(F)cc5F)n4)CC3)c(Cl)c2)cc1. The fraction of sp³-hybridized carbons (Fsp3) is 0.222. The van der Waals surface area contributed by atoms with Crippen LogP contribution in [0.3, 0.4) is 0 Å². The highest BCUT2D eigenvalue weighted by Gasteiger charge is 2.52. The molecule has 1 heterocycles. The number of hydrogen-bond donors (Lipinski definition) is 1. The molecule has 208 valence electrons. The molecule has 5 rings (SSSR count). The smallest absolute Gasteiger partial charge is 0.263 e. The summed E-state index contributed by atoms with van der Waals surface area (Å²) >= 11 is 13.2. The number of aromatic nitrogens is 2. The molecular weight excluding hydrogens is 590 g/mol. The van der Waals surface area contributed by atoms with Crippen molar-refractivity contribution >= 4 is 44.6 Å². The summed E-state index contributed by atoms with van der Waals surface area (Å²) in [6.07, 6.45) is 1.03. The molecule has 1 N–H and O–H groups in total. The van der Waals surface area contributed by atoms with Crippen molar-refractivity contribution in [1.82, 2.24) is 10.1 Å². The Bertz CT molecular complexity index is 1690. The van der Waals surface area contributed by atoms with Crippen LogP contribution >= 0.6 is 23.2 Å². The standard InChI is InChI=1S/C27H20Cl2F3N3O4S/c1-2-40(37,38)17-5-3-14(4-6-17)9-22(36)33-16-12-18(28)24(19(29)13-16)27(7-8-27)26-34-25(39-35-26)23-20(31)10-15(30)11-21(23)32/h3-6,10-13H,2,7-9H2,1H3,(H,33,36). The maximum Gasteiger partial charge on any atom is 0.263 e. The summed E-state index contributed by atoms with van der Waals surface area (Å²) in [5.74, 6) is -4.19. The molecule has 0 atom stereocenters. The Hall–Kier alpha value is -3.41. The van der Waals surface area contributed by atoms with Gasteiger partial charge < -0.3 is 9.84 Å². The van der Waals surface area contributed by atoms with E-state index in [1.807, 2.05) is 0 Å². The molecule has 0 saturated heterocycles. The lowest BCUT2D eigenvalue weighted by Gasteiger charge is -2.17. The summed E-state index contributed by atoms with van der Waals surface area (Å²) in [5, 5.41) is 7.03. The summed E-state index contributed by atoms with van der Waals surface area (Å²) in [4.78, 5) is 17.0. The van der Waals surface area contributed by atoms with Crippen LogP contribution < -0.4 is 5.32 Å². The lowest BCUT2D eigenvalue weighted by Crippen LogP contribution is -2.16. The topological polar surface area (TPSA) is 102 Å². The van der Waals surface area contributed by atoms with E-state index in [9.17, 15) is 26.4 Å². The van der Waals surface area contributed by atoms with Crippen molar-refractivity contribution in [3.05, 3.63) is 93.0 Å². The number of sulfone groups is 1. The second-order valence-corrected chi connectivity index (χ2v) is 12.4. The van der Waals surface area contributed by atoms with Crippen LogP contribution in [0, 0.1) is 17.5 Å². The number of hydrogen-bond acceptors (Lipinski definition) is 6. The minimum Gasteiger partial charge on any atom is -0.334 e. The van der Waals surface area contributed by atoms with Gasteiger partial charge in [-0.25, -0.2) is 21.6 Å². The quantitative estimate of drug-likeness (QED) is 0.244. The van der Waals surface area contributed by atoms with Crippen LogP contribution in [-0.2, 0) is 26.5 Å². The Morgan fingerprint density at radius 3 is 2.17 bits per heavy atom. The Kier molecular flexibility index (Phi) is 7.41. The molecule has 0 spiro atoms. The lowest BCUT2D eigenvalue weighted by atomic mass is 9.94. The van der Waals surface area contributed by atoms with Crippen molar-refractivity contribution in [1.29, 1.82) is 0 Å². The number of nitrogens with one attached hydrogen (secondary N) is 1. The highest BCUT2D eigenvalue weighted by molar-refractivity contribution is 7.91. The summed E-state index contributed by atoms with van der Waals surface area (Å²) in [7, 11) is -3.34. The second-order valence-electron chi connectivity index (χ2n) is 9.34. The van der Waals surface area contributed by atoms with E-state index in [4.69, 9.17) is 27.7 Å². The van der Waals surface area contributed by atoms with Gasteiger partial charge in [0.1, 0.15) is 23.0 Å². The summed E-state index contributed by atoms with van der Waals surface area (Å²) in [5.41, 5.74) is -0.109. The first-order valence-electron chi connectivity index (χ1n) is 12.0. The molecule has 1 aliphatic rings. The first-order chi connectivity index (χ1) is 18.9. The summed E-state index contributed by atoms with van der Waals surface area (Å²) < 4.78 is 70.8. The first-order valence-corrected chi connectivity index (χ1v) is 14.4. The predicted octanol–water partition coefficient (Wildman–Crippen LogP) is 6.52. The van der Waals surface area contributed by atoms with Crippen molar-refractivity contribution in [3.8, 4) is 11.5 Å². The van der Waals surface area contributed by atoms with E-state index in [-0.39, 0.29) is 38.8 Å². The Labute approximate surface area is 237 Å². The minimum atomic E-state index is -3.34. The van der Waals surface area contributed by atoms with Crippen LogP contribution in [0.1, 0.15) is 36.7 Å². The van der Waals surface area contributed by atoms with Crippen molar-refractivity contribution in [3.63, 3.8) is 0 Å². The first kappa shape index (κ1) is 28.1. The van der Waals surface area contributed by atoms with Crippen LogP contribution in [0.15, 0.2) is 57.9 Å². The van der Waals surface area contributed by atoms with Gasteiger partial charge in [-0.1, -0.05) is 47.4 Å². The molecule has 13 heteroatoms.